The molecule has 0 radical (unpaired) electrons. The van der Waals surface area contributed by atoms with Crippen LogP contribution in [-0.2, 0) is 11.2 Å². The van der Waals surface area contributed by atoms with E-state index in [1.807, 2.05) is 24.3 Å². The van der Waals surface area contributed by atoms with Crippen molar-refractivity contribution in [1.29, 1.82) is 0 Å². The highest BCUT2D eigenvalue weighted by atomic mass is 16.4. The molecule has 3 rings (SSSR count). The molecule has 1 fully saturated rings. The Bertz CT molecular complexity index is 592. The van der Waals surface area contributed by atoms with Gasteiger partial charge in [-0.1, -0.05) is 19.1 Å². The molecule has 1 saturated heterocycles. The molecule has 1 aromatic rings. The third-order valence-electron chi connectivity index (χ3n) is 3.95. The SMILES string of the molecule is CCc1ccc(N2C=C3CN(C(=O)O)C[C@@H]3C2=O)cc1. The first-order valence-corrected chi connectivity index (χ1v) is 6.70. The lowest BCUT2D eigenvalue weighted by Gasteiger charge is -2.18. The van der Waals surface area contributed by atoms with Crippen molar-refractivity contribution in [2.75, 3.05) is 18.0 Å². The molecular weight excluding hydrogens is 256 g/mol. The Kier molecular flexibility index (Phi) is 2.97. The molecule has 5 heteroatoms. The molecule has 0 aliphatic carbocycles. The minimum absolute atomic E-state index is 0.0343. The van der Waals surface area contributed by atoms with Gasteiger partial charge in [-0.25, -0.2) is 4.79 Å². The van der Waals surface area contributed by atoms with Gasteiger partial charge in [-0.15, -0.1) is 0 Å². The number of aryl methyl sites for hydroxylation is 1. The molecule has 2 aliphatic heterocycles. The second-order valence-corrected chi connectivity index (χ2v) is 5.15. The summed E-state index contributed by atoms with van der Waals surface area (Å²) in [6.45, 7) is 2.68. The van der Waals surface area contributed by atoms with Gasteiger partial charge in [-0.05, 0) is 29.7 Å². The predicted octanol–water partition coefficient (Wildman–Crippen LogP) is 2.09. The Balaban J connectivity index is 1.83. The van der Waals surface area contributed by atoms with Gasteiger partial charge in [0.2, 0.25) is 5.91 Å². The number of hydrogen-bond acceptors (Lipinski definition) is 2. The highest BCUT2D eigenvalue weighted by Crippen LogP contribution is 2.33. The summed E-state index contributed by atoms with van der Waals surface area (Å²) < 4.78 is 0. The number of rotatable bonds is 2. The maximum Gasteiger partial charge on any atom is 0.407 e. The van der Waals surface area contributed by atoms with Crippen molar-refractivity contribution in [2.24, 2.45) is 5.92 Å². The Hall–Kier alpha value is -2.30. The van der Waals surface area contributed by atoms with Gasteiger partial charge in [0.1, 0.15) is 0 Å². The summed E-state index contributed by atoms with van der Waals surface area (Å²) in [7, 11) is 0. The number of nitrogens with zero attached hydrogens (tertiary/aromatic N) is 2. The fraction of sp³-hybridized carbons (Fsp3) is 0.333. The molecule has 2 heterocycles. The van der Waals surface area contributed by atoms with Crippen LogP contribution in [-0.4, -0.2) is 35.1 Å². The molecule has 1 N–H and O–H groups in total. The summed E-state index contributed by atoms with van der Waals surface area (Å²) in [5.74, 6) is -0.343. The van der Waals surface area contributed by atoms with E-state index in [4.69, 9.17) is 5.11 Å². The molecule has 104 valence electrons. The van der Waals surface area contributed by atoms with Gasteiger partial charge in [0.05, 0.1) is 5.92 Å². The monoisotopic (exact) mass is 272 g/mol. The first-order chi connectivity index (χ1) is 9.60. The Morgan fingerprint density at radius 2 is 2.05 bits per heavy atom. The maximum atomic E-state index is 12.4. The number of carbonyl (C=O) groups excluding carboxylic acids is 1. The van der Waals surface area contributed by atoms with Crippen LogP contribution in [0.5, 0.6) is 0 Å². The number of fused-ring (bicyclic) bond motifs is 1. The summed E-state index contributed by atoms with van der Waals surface area (Å²) >= 11 is 0. The zero-order valence-corrected chi connectivity index (χ0v) is 11.2. The molecule has 0 unspecified atom stereocenters. The average molecular weight is 272 g/mol. The number of amides is 2. The van der Waals surface area contributed by atoms with Crippen LogP contribution in [0.2, 0.25) is 0 Å². The van der Waals surface area contributed by atoms with Crippen LogP contribution in [0.25, 0.3) is 0 Å². The molecule has 2 aliphatic rings. The number of benzene rings is 1. The fourth-order valence-corrected chi connectivity index (χ4v) is 2.74. The van der Waals surface area contributed by atoms with Gasteiger partial charge in [0.25, 0.3) is 0 Å². The summed E-state index contributed by atoms with van der Waals surface area (Å²) in [5.41, 5.74) is 2.96. The summed E-state index contributed by atoms with van der Waals surface area (Å²) in [6.07, 6.45) is 1.79. The number of anilines is 1. The third-order valence-corrected chi connectivity index (χ3v) is 3.95. The molecule has 20 heavy (non-hydrogen) atoms. The fourth-order valence-electron chi connectivity index (χ4n) is 2.74. The van der Waals surface area contributed by atoms with Crippen LogP contribution in [0, 0.1) is 5.92 Å². The van der Waals surface area contributed by atoms with Gasteiger partial charge in [0, 0.05) is 25.0 Å². The molecule has 5 nitrogen and oxygen atoms in total. The van der Waals surface area contributed by atoms with Gasteiger partial charge in [-0.3, -0.25) is 9.69 Å². The number of likely N-dealkylation sites (tertiary alicyclic amines) is 1. The topological polar surface area (TPSA) is 60.9 Å². The molecule has 0 aromatic heterocycles. The maximum absolute atomic E-state index is 12.4. The van der Waals surface area contributed by atoms with E-state index in [0.717, 1.165) is 17.7 Å². The lowest BCUT2D eigenvalue weighted by atomic mass is 10.1. The standard InChI is InChI=1S/C15H16N2O3/c1-2-10-3-5-12(6-4-10)17-8-11-7-16(15(19)20)9-13(11)14(17)18/h3-6,8,13H,2,7,9H2,1H3,(H,19,20)/t13-/m0/s1. The van der Waals surface area contributed by atoms with Crippen molar-refractivity contribution in [3.63, 3.8) is 0 Å². The largest absolute Gasteiger partial charge is 0.465 e. The Labute approximate surface area is 117 Å². The van der Waals surface area contributed by atoms with Crippen molar-refractivity contribution >= 4 is 17.7 Å². The first-order valence-electron chi connectivity index (χ1n) is 6.70. The lowest BCUT2D eigenvalue weighted by Crippen LogP contribution is -2.33. The van der Waals surface area contributed by atoms with Crippen molar-refractivity contribution < 1.29 is 14.7 Å². The van der Waals surface area contributed by atoms with Crippen molar-refractivity contribution in [3.05, 3.63) is 41.6 Å². The summed E-state index contributed by atoms with van der Waals surface area (Å²) in [5, 5.41) is 8.97. The lowest BCUT2D eigenvalue weighted by molar-refractivity contribution is -0.119. The van der Waals surface area contributed by atoms with E-state index in [2.05, 4.69) is 6.92 Å². The van der Waals surface area contributed by atoms with E-state index in [1.165, 1.54) is 10.5 Å². The normalized spacial score (nSPS) is 21.1. The number of hydrogen-bond donors (Lipinski definition) is 1. The molecule has 0 spiro atoms. The highest BCUT2D eigenvalue weighted by molar-refractivity contribution is 6.02. The second kappa shape index (κ2) is 4.67. The van der Waals surface area contributed by atoms with Crippen molar-refractivity contribution in [1.82, 2.24) is 4.90 Å². The molecule has 1 atom stereocenters. The van der Waals surface area contributed by atoms with Crippen molar-refractivity contribution in [3.8, 4) is 0 Å². The smallest absolute Gasteiger partial charge is 0.407 e. The first kappa shape index (κ1) is 12.7. The molecule has 1 aromatic carbocycles. The minimum Gasteiger partial charge on any atom is -0.465 e. The van der Waals surface area contributed by atoms with Crippen LogP contribution in [0.15, 0.2) is 36.0 Å². The van der Waals surface area contributed by atoms with Crippen molar-refractivity contribution in [2.45, 2.75) is 13.3 Å². The van der Waals surface area contributed by atoms with E-state index >= 15 is 0 Å². The van der Waals surface area contributed by atoms with E-state index in [-0.39, 0.29) is 18.4 Å². The Morgan fingerprint density at radius 1 is 1.35 bits per heavy atom. The number of carboxylic acid groups (broad SMARTS) is 1. The quantitative estimate of drug-likeness (QED) is 0.896. The molecule has 0 saturated carbocycles. The average Bonchev–Trinajstić information content (AvgIpc) is 2.99. The van der Waals surface area contributed by atoms with Gasteiger partial charge < -0.3 is 10.0 Å². The van der Waals surface area contributed by atoms with Crippen LogP contribution in [0.3, 0.4) is 0 Å². The zero-order valence-electron chi connectivity index (χ0n) is 11.2. The van der Waals surface area contributed by atoms with Crippen LogP contribution in [0.4, 0.5) is 10.5 Å². The highest BCUT2D eigenvalue weighted by Gasteiger charge is 2.42. The predicted molar refractivity (Wildman–Crippen MR) is 74.5 cm³/mol. The van der Waals surface area contributed by atoms with Crippen LogP contribution < -0.4 is 4.90 Å². The summed E-state index contributed by atoms with van der Waals surface area (Å²) in [6, 6.07) is 7.89. The van der Waals surface area contributed by atoms with Gasteiger partial charge in [0.15, 0.2) is 0 Å². The summed E-state index contributed by atoms with van der Waals surface area (Å²) in [4.78, 5) is 26.2. The van der Waals surface area contributed by atoms with E-state index < -0.39 is 6.09 Å². The van der Waals surface area contributed by atoms with E-state index in [0.29, 0.717) is 6.54 Å². The number of carbonyl (C=O) groups is 2. The van der Waals surface area contributed by atoms with Gasteiger partial charge >= 0.3 is 6.09 Å². The third kappa shape index (κ3) is 1.95. The van der Waals surface area contributed by atoms with Crippen LogP contribution >= 0.6 is 0 Å². The van der Waals surface area contributed by atoms with E-state index in [1.54, 1.807) is 11.1 Å². The second-order valence-electron chi connectivity index (χ2n) is 5.15. The molecular formula is C15H16N2O3. The molecule has 0 bridgehead atoms. The van der Waals surface area contributed by atoms with E-state index in [9.17, 15) is 9.59 Å². The minimum atomic E-state index is -0.966. The Morgan fingerprint density at radius 3 is 2.60 bits per heavy atom. The zero-order chi connectivity index (χ0) is 14.3. The molecule has 2 amide bonds. The van der Waals surface area contributed by atoms with Gasteiger partial charge in [-0.2, -0.15) is 0 Å². The van der Waals surface area contributed by atoms with Crippen LogP contribution in [0.1, 0.15) is 12.5 Å².